The fraction of sp³-hybridized carbons (Fsp3) is 0.263. The van der Waals surface area contributed by atoms with Gasteiger partial charge in [-0.25, -0.2) is 9.86 Å². The van der Waals surface area contributed by atoms with Crippen molar-refractivity contribution in [3.05, 3.63) is 53.1 Å². The quantitative estimate of drug-likeness (QED) is 0.449. The summed E-state index contributed by atoms with van der Waals surface area (Å²) in [6.45, 7) is 1.90. The van der Waals surface area contributed by atoms with Crippen molar-refractivity contribution in [2.75, 3.05) is 26.3 Å². The van der Waals surface area contributed by atoms with E-state index in [1.54, 1.807) is 51.6 Å². The molecule has 0 aliphatic carbocycles. The number of hydrogen-bond acceptors (Lipinski definition) is 6. The van der Waals surface area contributed by atoms with E-state index in [4.69, 9.17) is 25.5 Å². The second-order valence-electron chi connectivity index (χ2n) is 5.73. The van der Waals surface area contributed by atoms with Crippen molar-refractivity contribution in [2.24, 2.45) is 5.73 Å². The van der Waals surface area contributed by atoms with Gasteiger partial charge in [0.05, 0.1) is 26.3 Å². The van der Waals surface area contributed by atoms with Gasteiger partial charge < -0.3 is 20.0 Å². The van der Waals surface area contributed by atoms with Gasteiger partial charge in [0, 0.05) is 12.6 Å². The average molecular weight is 357 g/mol. The number of methoxy groups -OCH3 is 2. The molecule has 0 spiro atoms. The van der Waals surface area contributed by atoms with Crippen molar-refractivity contribution in [3.63, 3.8) is 0 Å². The summed E-state index contributed by atoms with van der Waals surface area (Å²) in [7, 11) is 4.76. The Bertz CT molecular complexity index is 803. The number of ether oxygens (including phenoxy) is 2. The number of nitrogens with two attached hydrogens (primary N) is 1. The summed E-state index contributed by atoms with van der Waals surface area (Å²) in [6.07, 6.45) is 0.0993. The van der Waals surface area contributed by atoms with Crippen LogP contribution < -0.4 is 20.3 Å². The molecule has 2 rings (SSSR count). The van der Waals surface area contributed by atoms with E-state index < -0.39 is 5.97 Å². The second-order valence-corrected chi connectivity index (χ2v) is 5.73. The third-order valence-electron chi connectivity index (χ3n) is 3.96. The van der Waals surface area contributed by atoms with Crippen molar-refractivity contribution in [3.8, 4) is 11.5 Å². The fourth-order valence-corrected chi connectivity index (χ4v) is 2.46. The first-order valence-electron chi connectivity index (χ1n) is 7.96. The van der Waals surface area contributed by atoms with Gasteiger partial charge in [-0.1, -0.05) is 0 Å². The molecule has 0 amide bonds. The van der Waals surface area contributed by atoms with Crippen LogP contribution in [0.1, 0.15) is 16.7 Å². The monoisotopic (exact) mass is 357 g/mol. The topological polar surface area (TPSA) is 97.9 Å². The molecular weight excluding hydrogens is 334 g/mol. The van der Waals surface area contributed by atoms with Gasteiger partial charge in [-0.3, -0.25) is 5.41 Å². The molecule has 0 saturated carbocycles. The molecule has 7 nitrogen and oxygen atoms in total. The van der Waals surface area contributed by atoms with Crippen molar-refractivity contribution in [1.29, 1.82) is 5.41 Å². The van der Waals surface area contributed by atoms with Crippen LogP contribution in [0, 0.1) is 12.3 Å². The van der Waals surface area contributed by atoms with E-state index in [-0.39, 0.29) is 12.3 Å². The van der Waals surface area contributed by atoms with Gasteiger partial charge >= 0.3 is 5.97 Å². The van der Waals surface area contributed by atoms with Crippen molar-refractivity contribution in [2.45, 2.75) is 13.3 Å². The Balaban J connectivity index is 2.07. The molecule has 2 aromatic rings. The Kier molecular flexibility index (Phi) is 6.06. The van der Waals surface area contributed by atoms with Crippen LogP contribution in [0.15, 0.2) is 36.4 Å². The van der Waals surface area contributed by atoms with Crippen LogP contribution in [0.3, 0.4) is 0 Å². The number of nitrogens with zero attached hydrogens (tertiary/aromatic N) is 1. The second kappa shape index (κ2) is 8.24. The predicted molar refractivity (Wildman–Crippen MR) is 99.9 cm³/mol. The molecule has 7 heteroatoms. The van der Waals surface area contributed by atoms with Crippen LogP contribution in [-0.4, -0.2) is 33.1 Å². The van der Waals surface area contributed by atoms with Crippen molar-refractivity contribution < 1.29 is 19.1 Å². The number of nitrogens with one attached hydrogen (secondary N) is 1. The Morgan fingerprint density at radius 3 is 2.23 bits per heavy atom. The molecule has 138 valence electrons. The number of nitrogen functional groups attached to an aromatic ring is 1. The Morgan fingerprint density at radius 2 is 1.69 bits per heavy atom. The van der Waals surface area contributed by atoms with E-state index >= 15 is 0 Å². The minimum Gasteiger partial charge on any atom is -0.493 e. The van der Waals surface area contributed by atoms with E-state index in [9.17, 15) is 4.79 Å². The SMILES string of the molecule is COc1cc(C)c(CC(=O)ON(C)c2ccc(C(=N)N)cc2)cc1OC. The molecule has 0 saturated heterocycles. The summed E-state index contributed by atoms with van der Waals surface area (Å²) in [4.78, 5) is 17.7. The van der Waals surface area contributed by atoms with Crippen LogP contribution in [0.5, 0.6) is 11.5 Å². The third kappa shape index (κ3) is 4.44. The molecule has 0 aromatic heterocycles. The van der Waals surface area contributed by atoms with E-state index in [0.29, 0.717) is 22.7 Å². The zero-order valence-corrected chi connectivity index (χ0v) is 15.3. The number of amidine groups is 1. The molecule has 3 N–H and O–H groups in total. The molecule has 0 bridgehead atoms. The molecule has 26 heavy (non-hydrogen) atoms. The maximum absolute atomic E-state index is 12.3. The largest absolute Gasteiger partial charge is 0.493 e. The first-order chi connectivity index (χ1) is 12.3. The zero-order chi connectivity index (χ0) is 19.3. The molecular formula is C19H23N3O4. The standard InChI is InChI=1S/C19H23N3O4/c1-12-9-16(24-3)17(25-4)10-14(12)11-18(23)26-22(2)15-7-5-13(6-8-15)19(20)21/h5-10H,11H2,1-4H3,(H3,20,21). The Hall–Kier alpha value is -3.22. The lowest BCUT2D eigenvalue weighted by molar-refractivity contribution is -0.143. The molecule has 0 heterocycles. The minimum atomic E-state index is -0.404. The van der Waals surface area contributed by atoms with Crippen molar-refractivity contribution >= 4 is 17.5 Å². The fourth-order valence-electron chi connectivity index (χ4n) is 2.46. The summed E-state index contributed by atoms with van der Waals surface area (Å²) in [5, 5.41) is 8.77. The molecule has 0 unspecified atom stereocenters. The first kappa shape index (κ1) is 19.1. The highest BCUT2D eigenvalue weighted by molar-refractivity contribution is 5.95. The number of anilines is 1. The molecule has 0 fully saturated rings. The predicted octanol–water partition coefficient (Wildman–Crippen LogP) is 2.43. The Labute approximate surface area is 152 Å². The summed E-state index contributed by atoms with van der Waals surface area (Å²) >= 11 is 0. The lowest BCUT2D eigenvalue weighted by atomic mass is 10.0. The van der Waals surface area contributed by atoms with Crippen LogP contribution in [0.4, 0.5) is 5.69 Å². The number of hydroxylamine groups is 1. The highest BCUT2D eigenvalue weighted by Crippen LogP contribution is 2.30. The Morgan fingerprint density at radius 1 is 1.12 bits per heavy atom. The number of hydrogen-bond donors (Lipinski definition) is 2. The maximum atomic E-state index is 12.3. The van der Waals surface area contributed by atoms with Crippen LogP contribution in [0.2, 0.25) is 0 Å². The van der Waals surface area contributed by atoms with Gasteiger partial charge in [0.15, 0.2) is 11.5 Å². The number of rotatable bonds is 7. The van der Waals surface area contributed by atoms with Gasteiger partial charge in [0.2, 0.25) is 0 Å². The molecule has 0 aliphatic heterocycles. The number of benzene rings is 2. The number of aryl methyl sites for hydroxylation is 1. The lowest BCUT2D eigenvalue weighted by Crippen LogP contribution is -2.24. The average Bonchev–Trinajstić information content (AvgIpc) is 2.62. The summed E-state index contributed by atoms with van der Waals surface area (Å²) in [6, 6.07) is 10.4. The molecule has 2 aromatic carbocycles. The summed E-state index contributed by atoms with van der Waals surface area (Å²) in [5.74, 6) is 0.762. The van der Waals surface area contributed by atoms with E-state index in [0.717, 1.165) is 11.1 Å². The highest BCUT2D eigenvalue weighted by atomic mass is 16.7. The van der Waals surface area contributed by atoms with Gasteiger partial charge in [-0.2, -0.15) is 0 Å². The number of carbonyl (C=O) groups is 1. The minimum absolute atomic E-state index is 0.0138. The normalized spacial score (nSPS) is 10.2. The van der Waals surface area contributed by atoms with E-state index in [1.807, 2.05) is 13.0 Å². The first-order valence-corrected chi connectivity index (χ1v) is 7.96. The van der Waals surface area contributed by atoms with Gasteiger partial charge in [0.25, 0.3) is 0 Å². The van der Waals surface area contributed by atoms with Gasteiger partial charge in [-0.05, 0) is 54.4 Å². The van der Waals surface area contributed by atoms with E-state index in [1.165, 1.54) is 5.06 Å². The van der Waals surface area contributed by atoms with Crippen molar-refractivity contribution in [1.82, 2.24) is 0 Å². The zero-order valence-electron chi connectivity index (χ0n) is 15.3. The maximum Gasteiger partial charge on any atom is 0.336 e. The number of carbonyl (C=O) groups excluding carboxylic acids is 1. The molecule has 0 aliphatic rings. The summed E-state index contributed by atoms with van der Waals surface area (Å²) < 4.78 is 10.5. The van der Waals surface area contributed by atoms with Crippen LogP contribution in [-0.2, 0) is 16.1 Å². The molecule has 0 radical (unpaired) electrons. The van der Waals surface area contributed by atoms with Crippen LogP contribution >= 0.6 is 0 Å². The lowest BCUT2D eigenvalue weighted by Gasteiger charge is -2.19. The molecule has 0 atom stereocenters. The van der Waals surface area contributed by atoms with Crippen LogP contribution in [0.25, 0.3) is 0 Å². The van der Waals surface area contributed by atoms with E-state index in [2.05, 4.69) is 0 Å². The summed E-state index contributed by atoms with van der Waals surface area (Å²) in [5.41, 5.74) is 8.42. The third-order valence-corrected chi connectivity index (χ3v) is 3.96. The van der Waals surface area contributed by atoms with Gasteiger partial charge in [-0.15, -0.1) is 0 Å². The highest BCUT2D eigenvalue weighted by Gasteiger charge is 2.15. The van der Waals surface area contributed by atoms with Gasteiger partial charge in [0.1, 0.15) is 5.84 Å². The smallest absolute Gasteiger partial charge is 0.336 e.